The fourth-order valence-corrected chi connectivity index (χ4v) is 3.66. The molecule has 31 heavy (non-hydrogen) atoms. The largest absolute Gasteiger partial charge is 0.507 e. The van der Waals surface area contributed by atoms with E-state index in [0.717, 1.165) is 13.0 Å². The van der Waals surface area contributed by atoms with Crippen LogP contribution < -0.4 is 4.74 Å². The number of hydrogen-bond acceptors (Lipinski definition) is 6. The molecule has 2 heterocycles. The highest BCUT2D eigenvalue weighted by molar-refractivity contribution is 6.46. The number of ketones is 1. The first-order valence-corrected chi connectivity index (χ1v) is 10.5. The lowest BCUT2D eigenvalue weighted by molar-refractivity contribution is -0.139. The minimum absolute atomic E-state index is 0.0792. The van der Waals surface area contributed by atoms with Crippen molar-refractivity contribution in [2.75, 3.05) is 33.8 Å². The van der Waals surface area contributed by atoms with Gasteiger partial charge in [-0.3, -0.25) is 14.6 Å². The molecule has 1 saturated heterocycles. The molecule has 1 aliphatic rings. The van der Waals surface area contributed by atoms with E-state index in [9.17, 15) is 14.7 Å². The van der Waals surface area contributed by atoms with Gasteiger partial charge in [0.2, 0.25) is 0 Å². The fraction of sp³-hybridized carbons (Fsp3) is 0.375. The summed E-state index contributed by atoms with van der Waals surface area (Å²) in [5.74, 6) is -0.892. The summed E-state index contributed by atoms with van der Waals surface area (Å²) in [5.41, 5.74) is 1.20. The fourth-order valence-electron chi connectivity index (χ4n) is 3.66. The summed E-state index contributed by atoms with van der Waals surface area (Å²) >= 11 is 0. The molecule has 1 aliphatic heterocycles. The number of amides is 1. The zero-order valence-corrected chi connectivity index (χ0v) is 18.2. The molecule has 0 aliphatic carbocycles. The third kappa shape index (κ3) is 5.11. The average Bonchev–Trinajstić information content (AvgIpc) is 3.02. The maximum atomic E-state index is 13.0. The number of pyridine rings is 1. The van der Waals surface area contributed by atoms with Gasteiger partial charge in [-0.25, -0.2) is 0 Å². The number of carbonyl (C=O) groups is 2. The topological polar surface area (TPSA) is 83.0 Å². The SMILES string of the molecule is CCCOc1cccc(/C(O)=C2/C(=O)C(=O)N(CCCN(C)C)C2c2cccnc2)c1. The Morgan fingerprint density at radius 2 is 2.03 bits per heavy atom. The van der Waals surface area contributed by atoms with Gasteiger partial charge in [0.25, 0.3) is 11.7 Å². The van der Waals surface area contributed by atoms with Crippen molar-refractivity contribution >= 4 is 17.4 Å². The highest BCUT2D eigenvalue weighted by Crippen LogP contribution is 2.39. The number of rotatable bonds is 9. The average molecular weight is 424 g/mol. The Labute approximate surface area is 183 Å². The second-order valence-corrected chi connectivity index (χ2v) is 7.81. The Hall–Kier alpha value is -3.19. The molecule has 7 nitrogen and oxygen atoms in total. The van der Waals surface area contributed by atoms with Gasteiger partial charge in [-0.1, -0.05) is 25.1 Å². The minimum atomic E-state index is -0.684. The second kappa shape index (κ2) is 10.2. The van der Waals surface area contributed by atoms with Gasteiger partial charge in [-0.05, 0) is 57.2 Å². The van der Waals surface area contributed by atoms with Crippen LogP contribution in [0.25, 0.3) is 5.76 Å². The van der Waals surface area contributed by atoms with Gasteiger partial charge >= 0.3 is 0 Å². The number of carbonyl (C=O) groups excluding carboxylic acids is 2. The highest BCUT2D eigenvalue weighted by atomic mass is 16.5. The van der Waals surface area contributed by atoms with Crippen LogP contribution in [-0.4, -0.2) is 65.4 Å². The van der Waals surface area contributed by atoms with Crippen LogP contribution in [0.15, 0.2) is 54.4 Å². The molecular formula is C24H29N3O4. The van der Waals surface area contributed by atoms with E-state index in [0.29, 0.717) is 36.4 Å². The Morgan fingerprint density at radius 3 is 2.71 bits per heavy atom. The molecule has 1 fully saturated rings. The van der Waals surface area contributed by atoms with Crippen molar-refractivity contribution in [2.24, 2.45) is 0 Å². The molecule has 2 aromatic rings. The van der Waals surface area contributed by atoms with Gasteiger partial charge in [-0.15, -0.1) is 0 Å². The molecule has 1 unspecified atom stereocenters. The van der Waals surface area contributed by atoms with Crippen molar-refractivity contribution in [2.45, 2.75) is 25.8 Å². The van der Waals surface area contributed by atoms with Crippen molar-refractivity contribution in [3.05, 3.63) is 65.5 Å². The molecule has 0 radical (unpaired) electrons. The van der Waals surface area contributed by atoms with Crippen LogP contribution >= 0.6 is 0 Å². The normalized spacial score (nSPS) is 18.1. The van der Waals surface area contributed by atoms with Gasteiger partial charge in [0.15, 0.2) is 0 Å². The van der Waals surface area contributed by atoms with Crippen LogP contribution in [0.1, 0.15) is 36.9 Å². The van der Waals surface area contributed by atoms with Crippen LogP contribution in [0.3, 0.4) is 0 Å². The monoisotopic (exact) mass is 423 g/mol. The number of nitrogens with zero attached hydrogens (tertiary/aromatic N) is 3. The van der Waals surface area contributed by atoms with E-state index in [1.165, 1.54) is 4.90 Å². The van der Waals surface area contributed by atoms with Crippen LogP contribution in [-0.2, 0) is 9.59 Å². The molecule has 0 spiro atoms. The maximum Gasteiger partial charge on any atom is 0.295 e. The molecule has 1 aromatic heterocycles. The van der Waals surface area contributed by atoms with E-state index in [2.05, 4.69) is 4.98 Å². The molecule has 7 heteroatoms. The number of hydrogen-bond donors (Lipinski definition) is 1. The third-order valence-electron chi connectivity index (χ3n) is 5.12. The molecular weight excluding hydrogens is 394 g/mol. The summed E-state index contributed by atoms with van der Waals surface area (Å²) < 4.78 is 5.65. The van der Waals surface area contributed by atoms with Gasteiger partial charge in [0.1, 0.15) is 11.5 Å². The van der Waals surface area contributed by atoms with Crippen LogP contribution in [0.2, 0.25) is 0 Å². The Bertz CT molecular complexity index is 956. The van der Waals surface area contributed by atoms with E-state index < -0.39 is 17.7 Å². The Kier molecular flexibility index (Phi) is 7.41. The van der Waals surface area contributed by atoms with E-state index in [-0.39, 0.29) is 11.3 Å². The van der Waals surface area contributed by atoms with E-state index in [1.54, 1.807) is 42.7 Å². The van der Waals surface area contributed by atoms with Crippen LogP contribution in [0, 0.1) is 0 Å². The van der Waals surface area contributed by atoms with Crippen LogP contribution in [0.5, 0.6) is 5.75 Å². The van der Waals surface area contributed by atoms with E-state index in [1.807, 2.05) is 32.0 Å². The number of aromatic nitrogens is 1. The van der Waals surface area contributed by atoms with Gasteiger partial charge in [0.05, 0.1) is 18.2 Å². The van der Waals surface area contributed by atoms with Gasteiger partial charge in [-0.2, -0.15) is 0 Å². The summed E-state index contributed by atoms with van der Waals surface area (Å²) in [5, 5.41) is 11.1. The third-order valence-corrected chi connectivity index (χ3v) is 5.12. The molecule has 164 valence electrons. The first kappa shape index (κ1) is 22.5. The Morgan fingerprint density at radius 1 is 1.23 bits per heavy atom. The van der Waals surface area contributed by atoms with Crippen molar-refractivity contribution in [1.29, 1.82) is 0 Å². The maximum absolute atomic E-state index is 13.0. The summed E-state index contributed by atoms with van der Waals surface area (Å²) in [7, 11) is 3.92. The molecule has 1 atom stereocenters. The number of ether oxygens (including phenoxy) is 1. The molecule has 1 N–H and O–H groups in total. The predicted octanol–water partition coefficient (Wildman–Crippen LogP) is 3.24. The standard InChI is InChI=1S/C24H29N3O4/c1-4-14-31-19-10-5-8-17(15-19)22(28)20-21(18-9-6-11-25-16-18)27(24(30)23(20)29)13-7-12-26(2)3/h5-6,8-11,15-16,21,28H,4,7,12-14H2,1-3H3/b22-20-. The number of Topliss-reactive ketones (excluding diaryl/α,β-unsaturated/α-hetero) is 1. The molecule has 3 rings (SSSR count). The minimum Gasteiger partial charge on any atom is -0.507 e. The van der Waals surface area contributed by atoms with E-state index >= 15 is 0 Å². The number of likely N-dealkylation sites (tertiary alicyclic amines) is 1. The summed E-state index contributed by atoms with van der Waals surface area (Å²) in [6, 6.07) is 9.83. The van der Waals surface area contributed by atoms with Crippen molar-refractivity contribution in [3.63, 3.8) is 0 Å². The molecule has 0 saturated carbocycles. The van der Waals surface area contributed by atoms with Crippen molar-refractivity contribution in [3.8, 4) is 5.75 Å². The number of benzene rings is 1. The lowest BCUT2D eigenvalue weighted by atomic mass is 9.96. The molecule has 1 amide bonds. The zero-order chi connectivity index (χ0) is 22.4. The lowest BCUT2D eigenvalue weighted by Gasteiger charge is -2.25. The van der Waals surface area contributed by atoms with E-state index in [4.69, 9.17) is 4.74 Å². The Balaban J connectivity index is 2.03. The first-order chi connectivity index (χ1) is 14.9. The first-order valence-electron chi connectivity index (χ1n) is 10.5. The molecule has 1 aromatic carbocycles. The van der Waals surface area contributed by atoms with Gasteiger partial charge in [0, 0.05) is 24.5 Å². The number of aliphatic hydroxyl groups excluding tert-OH is 1. The quantitative estimate of drug-likeness (QED) is 0.379. The molecule has 0 bridgehead atoms. The summed E-state index contributed by atoms with van der Waals surface area (Å²) in [6.45, 7) is 3.74. The zero-order valence-electron chi connectivity index (χ0n) is 18.2. The smallest absolute Gasteiger partial charge is 0.295 e. The van der Waals surface area contributed by atoms with Crippen molar-refractivity contribution in [1.82, 2.24) is 14.8 Å². The van der Waals surface area contributed by atoms with Crippen LogP contribution in [0.4, 0.5) is 0 Å². The predicted molar refractivity (Wildman–Crippen MR) is 119 cm³/mol. The van der Waals surface area contributed by atoms with Crippen molar-refractivity contribution < 1.29 is 19.4 Å². The second-order valence-electron chi connectivity index (χ2n) is 7.81. The summed E-state index contributed by atoms with van der Waals surface area (Å²) in [6.07, 6.45) is 4.83. The lowest BCUT2D eigenvalue weighted by Crippen LogP contribution is -2.32. The van der Waals surface area contributed by atoms with Gasteiger partial charge < -0.3 is 19.6 Å². The highest BCUT2D eigenvalue weighted by Gasteiger charge is 2.45. The number of aliphatic hydroxyl groups is 1. The summed E-state index contributed by atoms with van der Waals surface area (Å²) in [4.78, 5) is 33.6.